The lowest BCUT2D eigenvalue weighted by atomic mass is 10.2. The molecule has 1 fully saturated rings. The molecule has 1 aliphatic heterocycles. The van der Waals surface area contributed by atoms with Gasteiger partial charge in [0.1, 0.15) is 5.75 Å². The normalized spacial score (nSPS) is 15.0. The zero-order valence-electron chi connectivity index (χ0n) is 16.6. The summed E-state index contributed by atoms with van der Waals surface area (Å²) in [6.45, 7) is 1.57. The number of nitrogens with one attached hydrogen (secondary N) is 1. The van der Waals surface area contributed by atoms with Crippen molar-refractivity contribution in [1.82, 2.24) is 9.88 Å². The van der Waals surface area contributed by atoms with Gasteiger partial charge in [0.2, 0.25) is 0 Å². The van der Waals surface area contributed by atoms with Gasteiger partial charge >= 0.3 is 0 Å². The number of ether oxygens (including phenoxy) is 1. The topological polar surface area (TPSA) is 88.6 Å². The van der Waals surface area contributed by atoms with Gasteiger partial charge in [-0.1, -0.05) is 24.2 Å². The minimum atomic E-state index is -3.77. The van der Waals surface area contributed by atoms with Crippen LogP contribution in [-0.2, 0) is 10.0 Å². The number of sulfonamides is 1. The predicted octanol–water partition coefficient (Wildman–Crippen LogP) is 4.12. The predicted molar refractivity (Wildman–Crippen MR) is 118 cm³/mol. The Morgan fingerprint density at radius 2 is 1.77 bits per heavy atom. The van der Waals surface area contributed by atoms with Gasteiger partial charge < -0.3 is 9.64 Å². The van der Waals surface area contributed by atoms with Gasteiger partial charge in [-0.3, -0.25) is 9.52 Å². The Kier molecular flexibility index (Phi) is 5.92. The summed E-state index contributed by atoms with van der Waals surface area (Å²) in [6.07, 6.45) is 4.39. The van der Waals surface area contributed by atoms with Gasteiger partial charge in [-0.2, -0.15) is 0 Å². The van der Waals surface area contributed by atoms with Gasteiger partial charge in [0, 0.05) is 18.7 Å². The zero-order chi connectivity index (χ0) is 21.1. The molecule has 0 radical (unpaired) electrons. The van der Waals surface area contributed by atoms with Gasteiger partial charge in [-0.25, -0.2) is 13.4 Å². The Morgan fingerprint density at radius 3 is 2.43 bits per heavy atom. The number of nitrogens with zero attached hydrogens (tertiary/aromatic N) is 2. The van der Waals surface area contributed by atoms with E-state index in [1.54, 1.807) is 30.3 Å². The minimum Gasteiger partial charge on any atom is -0.497 e. The Balaban J connectivity index is 1.55. The largest absolute Gasteiger partial charge is 0.497 e. The van der Waals surface area contributed by atoms with E-state index in [1.165, 1.54) is 30.6 Å². The highest BCUT2D eigenvalue weighted by molar-refractivity contribution is 7.93. The Labute approximate surface area is 179 Å². The number of carbonyl (C=O) groups excluding carboxylic acids is 1. The average molecular weight is 446 g/mol. The van der Waals surface area contributed by atoms with Crippen LogP contribution in [0.4, 0.5) is 5.13 Å². The van der Waals surface area contributed by atoms with Crippen LogP contribution < -0.4 is 9.46 Å². The van der Waals surface area contributed by atoms with Crippen molar-refractivity contribution in [3.63, 3.8) is 0 Å². The molecule has 1 aromatic heterocycles. The molecular weight excluding hydrogens is 422 g/mol. The van der Waals surface area contributed by atoms with Crippen molar-refractivity contribution in [3.8, 4) is 5.75 Å². The van der Waals surface area contributed by atoms with Gasteiger partial charge in [0.05, 0.1) is 22.2 Å². The zero-order valence-corrected chi connectivity index (χ0v) is 18.3. The number of methoxy groups -OCH3 is 1. The van der Waals surface area contributed by atoms with Crippen LogP contribution >= 0.6 is 11.3 Å². The number of hydrogen-bond acceptors (Lipinski definition) is 6. The summed E-state index contributed by atoms with van der Waals surface area (Å²) in [5.41, 5.74) is 1.26. The number of rotatable bonds is 5. The average Bonchev–Trinajstić information content (AvgIpc) is 2.95. The molecule has 0 bridgehead atoms. The second-order valence-electron chi connectivity index (χ2n) is 7.19. The van der Waals surface area contributed by atoms with Crippen LogP contribution in [0.25, 0.3) is 10.2 Å². The van der Waals surface area contributed by atoms with E-state index in [4.69, 9.17) is 4.74 Å². The third-order valence-electron chi connectivity index (χ3n) is 5.12. The van der Waals surface area contributed by atoms with Crippen molar-refractivity contribution in [2.75, 3.05) is 24.9 Å². The lowest BCUT2D eigenvalue weighted by molar-refractivity contribution is 0.0762. The molecule has 0 unspecified atom stereocenters. The number of anilines is 1. The molecule has 1 N–H and O–H groups in total. The van der Waals surface area contributed by atoms with E-state index < -0.39 is 10.0 Å². The van der Waals surface area contributed by atoms with E-state index in [1.807, 2.05) is 4.90 Å². The van der Waals surface area contributed by atoms with Crippen LogP contribution in [-0.4, -0.2) is 44.4 Å². The first-order valence-corrected chi connectivity index (χ1v) is 12.1. The lowest BCUT2D eigenvalue weighted by Crippen LogP contribution is -2.31. The van der Waals surface area contributed by atoms with Crippen LogP contribution in [0.5, 0.6) is 5.75 Å². The Morgan fingerprint density at radius 1 is 1.07 bits per heavy atom. The molecule has 0 saturated carbocycles. The molecule has 30 heavy (non-hydrogen) atoms. The number of thiazole rings is 1. The summed E-state index contributed by atoms with van der Waals surface area (Å²) >= 11 is 1.21. The van der Waals surface area contributed by atoms with Gasteiger partial charge in [-0.15, -0.1) is 0 Å². The summed E-state index contributed by atoms with van der Waals surface area (Å²) in [6, 6.07) is 11.5. The first kappa shape index (κ1) is 20.6. The number of benzene rings is 2. The van der Waals surface area contributed by atoms with Crippen molar-refractivity contribution in [2.45, 2.75) is 30.6 Å². The second kappa shape index (κ2) is 8.61. The van der Waals surface area contributed by atoms with Crippen LogP contribution in [0.3, 0.4) is 0 Å². The number of carbonyl (C=O) groups is 1. The highest BCUT2D eigenvalue weighted by Crippen LogP contribution is 2.29. The summed E-state index contributed by atoms with van der Waals surface area (Å²) < 4.78 is 33.6. The molecule has 0 atom stereocenters. The molecular formula is C21H23N3O4S2. The quantitative estimate of drug-likeness (QED) is 0.638. The summed E-state index contributed by atoms with van der Waals surface area (Å²) in [4.78, 5) is 19.3. The van der Waals surface area contributed by atoms with Crippen molar-refractivity contribution in [1.29, 1.82) is 0 Å². The number of amides is 1. The van der Waals surface area contributed by atoms with Crippen molar-refractivity contribution < 1.29 is 17.9 Å². The molecule has 1 saturated heterocycles. The molecule has 9 heteroatoms. The van der Waals surface area contributed by atoms with Crippen molar-refractivity contribution in [3.05, 3.63) is 48.0 Å². The van der Waals surface area contributed by atoms with Crippen LogP contribution in [0.1, 0.15) is 36.0 Å². The Bertz CT molecular complexity index is 1150. The first-order chi connectivity index (χ1) is 14.5. The van der Waals surface area contributed by atoms with E-state index in [0.717, 1.165) is 43.5 Å². The van der Waals surface area contributed by atoms with Crippen molar-refractivity contribution >= 4 is 42.6 Å². The van der Waals surface area contributed by atoms with Gasteiger partial charge in [0.15, 0.2) is 5.13 Å². The second-order valence-corrected chi connectivity index (χ2v) is 9.90. The summed E-state index contributed by atoms with van der Waals surface area (Å²) in [5.74, 6) is 0.600. The standard InChI is InChI=1S/C21H23N3O4S2/c1-28-16-7-9-17(10-8-16)30(26,27)23-21-22-18-11-6-15(14-19(18)29-21)20(25)24-12-4-2-3-5-13-24/h6-11,14H,2-5,12-13H2,1H3,(H,22,23). The number of likely N-dealkylation sites (tertiary alicyclic amines) is 1. The van der Waals surface area contributed by atoms with Crippen LogP contribution in [0.15, 0.2) is 47.4 Å². The maximum atomic E-state index is 12.9. The van der Waals surface area contributed by atoms with Crippen LogP contribution in [0.2, 0.25) is 0 Å². The van der Waals surface area contributed by atoms with Gasteiger partial charge in [0.25, 0.3) is 15.9 Å². The minimum absolute atomic E-state index is 0.0209. The Hall–Kier alpha value is -2.65. The molecule has 2 heterocycles. The molecule has 4 rings (SSSR count). The highest BCUT2D eigenvalue weighted by atomic mass is 32.2. The SMILES string of the molecule is COc1ccc(S(=O)(=O)Nc2nc3ccc(C(=O)N4CCCCCC4)cc3s2)cc1. The summed E-state index contributed by atoms with van der Waals surface area (Å²) in [5, 5.41) is 0.264. The molecule has 0 spiro atoms. The molecule has 3 aromatic rings. The van der Waals surface area contributed by atoms with E-state index >= 15 is 0 Å². The fourth-order valence-electron chi connectivity index (χ4n) is 3.49. The fourth-order valence-corrected chi connectivity index (χ4v) is 5.63. The lowest BCUT2D eigenvalue weighted by Gasteiger charge is -2.20. The van der Waals surface area contributed by atoms with E-state index in [2.05, 4.69) is 9.71 Å². The highest BCUT2D eigenvalue weighted by Gasteiger charge is 2.20. The summed E-state index contributed by atoms with van der Waals surface area (Å²) in [7, 11) is -2.24. The van der Waals surface area contributed by atoms with Crippen LogP contribution in [0, 0.1) is 0 Å². The molecule has 1 aliphatic rings. The van der Waals surface area contributed by atoms with E-state index in [-0.39, 0.29) is 15.9 Å². The third kappa shape index (κ3) is 4.41. The number of hydrogen-bond donors (Lipinski definition) is 1. The van der Waals surface area contributed by atoms with Gasteiger partial charge in [-0.05, 0) is 55.3 Å². The maximum Gasteiger partial charge on any atom is 0.263 e. The molecule has 7 nitrogen and oxygen atoms in total. The molecule has 0 aliphatic carbocycles. The maximum absolute atomic E-state index is 12.9. The smallest absolute Gasteiger partial charge is 0.263 e. The monoisotopic (exact) mass is 445 g/mol. The third-order valence-corrected chi connectivity index (χ3v) is 7.54. The fraction of sp³-hybridized carbons (Fsp3) is 0.333. The van der Waals surface area contributed by atoms with Crippen molar-refractivity contribution in [2.24, 2.45) is 0 Å². The molecule has 158 valence electrons. The number of fused-ring (bicyclic) bond motifs is 1. The molecule has 2 aromatic carbocycles. The first-order valence-electron chi connectivity index (χ1n) is 9.83. The van der Waals surface area contributed by atoms with E-state index in [0.29, 0.717) is 16.8 Å². The van der Waals surface area contributed by atoms with E-state index in [9.17, 15) is 13.2 Å². The molecule has 1 amide bonds. The number of aromatic nitrogens is 1.